The molecule has 0 saturated carbocycles. The van der Waals surface area contributed by atoms with Crippen LogP contribution in [0.25, 0.3) is 27.5 Å². The summed E-state index contributed by atoms with van der Waals surface area (Å²) in [4.78, 5) is 11.2. The minimum absolute atomic E-state index is 0.711. The van der Waals surface area contributed by atoms with Gasteiger partial charge in [-0.1, -0.05) is 64.5 Å². The third-order valence-electron chi connectivity index (χ3n) is 6.82. The van der Waals surface area contributed by atoms with E-state index in [1.807, 2.05) is 12.1 Å². The lowest BCUT2D eigenvalue weighted by atomic mass is 10.0. The van der Waals surface area contributed by atoms with E-state index in [0.717, 1.165) is 24.8 Å². The lowest BCUT2D eigenvalue weighted by Crippen LogP contribution is -1.95. The molecular weight excluding hydrogens is 402 g/mol. The van der Waals surface area contributed by atoms with Crippen molar-refractivity contribution in [2.45, 2.75) is 78.1 Å². The molecule has 172 valence electrons. The minimum atomic E-state index is 0.711. The van der Waals surface area contributed by atoms with Crippen molar-refractivity contribution >= 4 is 28.1 Å². The summed E-state index contributed by atoms with van der Waals surface area (Å²) in [7, 11) is 0. The van der Waals surface area contributed by atoms with Crippen LogP contribution < -0.4 is 0 Å². The number of benzene rings is 3. The van der Waals surface area contributed by atoms with Gasteiger partial charge in [0.25, 0.3) is 0 Å². The number of aldehydes is 1. The van der Waals surface area contributed by atoms with Gasteiger partial charge in [-0.2, -0.15) is 0 Å². The Morgan fingerprint density at radius 3 is 1.61 bits per heavy atom. The molecule has 0 aliphatic rings. The van der Waals surface area contributed by atoms with Gasteiger partial charge in [-0.3, -0.25) is 4.79 Å². The number of fused-ring (bicyclic) bond motifs is 3. The summed E-state index contributed by atoms with van der Waals surface area (Å²) in [5.41, 5.74) is 7.16. The van der Waals surface area contributed by atoms with Gasteiger partial charge in [-0.05, 0) is 85.3 Å². The second-order valence-corrected chi connectivity index (χ2v) is 9.37. The van der Waals surface area contributed by atoms with Crippen LogP contribution in [0.3, 0.4) is 0 Å². The maximum atomic E-state index is 11.2. The largest absolute Gasteiger partial charge is 0.309 e. The Kier molecular flexibility index (Phi) is 7.99. The van der Waals surface area contributed by atoms with Crippen LogP contribution in [0.15, 0.2) is 60.7 Å². The Morgan fingerprint density at radius 1 is 0.636 bits per heavy atom. The molecule has 0 atom stereocenters. The lowest BCUT2D eigenvalue weighted by Gasteiger charge is -2.09. The molecular formula is C31H37NO. The zero-order valence-corrected chi connectivity index (χ0v) is 20.3. The van der Waals surface area contributed by atoms with Crippen molar-refractivity contribution in [1.29, 1.82) is 0 Å². The SMILES string of the molecule is CCCCCCc1ccc2c(c1)c1cc(CCCCCC)ccc1n2-c1ccc(C=O)cc1. The first-order valence-electron chi connectivity index (χ1n) is 12.9. The van der Waals surface area contributed by atoms with Crippen molar-refractivity contribution in [3.05, 3.63) is 77.4 Å². The highest BCUT2D eigenvalue weighted by Gasteiger charge is 2.14. The molecule has 0 aliphatic carbocycles. The number of aryl methyl sites for hydroxylation is 2. The second kappa shape index (κ2) is 11.3. The summed E-state index contributed by atoms with van der Waals surface area (Å²) in [6.07, 6.45) is 13.5. The van der Waals surface area contributed by atoms with Gasteiger partial charge in [-0.25, -0.2) is 0 Å². The maximum Gasteiger partial charge on any atom is 0.150 e. The number of carbonyl (C=O) groups excluding carboxylic acids is 1. The van der Waals surface area contributed by atoms with Gasteiger partial charge in [0.1, 0.15) is 6.29 Å². The molecule has 0 aliphatic heterocycles. The van der Waals surface area contributed by atoms with Crippen LogP contribution in [-0.4, -0.2) is 10.9 Å². The first kappa shape index (κ1) is 23.3. The van der Waals surface area contributed by atoms with Crippen molar-refractivity contribution in [1.82, 2.24) is 4.57 Å². The molecule has 0 bridgehead atoms. The average molecular weight is 440 g/mol. The van der Waals surface area contributed by atoms with Crippen LogP contribution in [0.2, 0.25) is 0 Å². The molecule has 2 heteroatoms. The van der Waals surface area contributed by atoms with Crippen LogP contribution in [-0.2, 0) is 12.8 Å². The molecule has 4 aromatic rings. The van der Waals surface area contributed by atoms with E-state index < -0.39 is 0 Å². The Labute approximate surface area is 198 Å². The monoisotopic (exact) mass is 439 g/mol. The third-order valence-corrected chi connectivity index (χ3v) is 6.82. The number of nitrogens with zero attached hydrogens (tertiary/aromatic N) is 1. The number of carbonyl (C=O) groups is 1. The Morgan fingerprint density at radius 2 is 1.15 bits per heavy atom. The summed E-state index contributed by atoms with van der Waals surface area (Å²) in [5, 5.41) is 2.68. The highest BCUT2D eigenvalue weighted by Crippen LogP contribution is 2.34. The fourth-order valence-electron chi connectivity index (χ4n) is 4.92. The zero-order chi connectivity index (χ0) is 23.0. The molecule has 4 rings (SSSR count). The molecule has 2 nitrogen and oxygen atoms in total. The van der Waals surface area contributed by atoms with E-state index in [9.17, 15) is 4.79 Å². The van der Waals surface area contributed by atoms with E-state index in [-0.39, 0.29) is 0 Å². The standard InChI is InChI=1S/C31H37NO/c1-3-5-7-9-11-24-15-19-30-28(21-24)29-22-25(12-10-8-6-4-2)16-20-31(29)32(30)27-17-13-26(23-33)14-18-27/h13-23H,3-12H2,1-2H3. The van der Waals surface area contributed by atoms with E-state index in [2.05, 4.69) is 66.9 Å². The van der Waals surface area contributed by atoms with Gasteiger partial charge >= 0.3 is 0 Å². The number of unbranched alkanes of at least 4 members (excludes halogenated alkanes) is 6. The average Bonchev–Trinajstić information content (AvgIpc) is 3.17. The van der Waals surface area contributed by atoms with Crippen molar-refractivity contribution in [2.75, 3.05) is 0 Å². The van der Waals surface area contributed by atoms with E-state index >= 15 is 0 Å². The van der Waals surface area contributed by atoms with Gasteiger partial charge in [0.15, 0.2) is 0 Å². The fraction of sp³-hybridized carbons (Fsp3) is 0.387. The van der Waals surface area contributed by atoms with Gasteiger partial charge in [-0.15, -0.1) is 0 Å². The summed E-state index contributed by atoms with van der Waals surface area (Å²) >= 11 is 0. The lowest BCUT2D eigenvalue weighted by molar-refractivity contribution is 0.112. The highest BCUT2D eigenvalue weighted by atomic mass is 16.1. The summed E-state index contributed by atoms with van der Waals surface area (Å²) < 4.78 is 2.35. The Balaban J connectivity index is 1.76. The number of rotatable bonds is 12. The molecule has 0 saturated heterocycles. The first-order valence-corrected chi connectivity index (χ1v) is 12.9. The number of hydrogen-bond donors (Lipinski definition) is 0. The van der Waals surface area contributed by atoms with Crippen LogP contribution in [0.1, 0.15) is 86.7 Å². The molecule has 1 aromatic heterocycles. The smallest absolute Gasteiger partial charge is 0.150 e. The Hall–Kier alpha value is -2.87. The van der Waals surface area contributed by atoms with Crippen molar-refractivity contribution in [2.24, 2.45) is 0 Å². The topological polar surface area (TPSA) is 22.0 Å². The predicted molar refractivity (Wildman–Crippen MR) is 142 cm³/mol. The minimum Gasteiger partial charge on any atom is -0.309 e. The molecule has 0 fully saturated rings. The second-order valence-electron chi connectivity index (χ2n) is 9.37. The normalized spacial score (nSPS) is 11.5. The highest BCUT2D eigenvalue weighted by molar-refractivity contribution is 6.09. The molecule has 0 radical (unpaired) electrons. The molecule has 33 heavy (non-hydrogen) atoms. The van der Waals surface area contributed by atoms with E-state index in [0.29, 0.717) is 5.56 Å². The van der Waals surface area contributed by atoms with Gasteiger partial charge < -0.3 is 4.57 Å². The van der Waals surface area contributed by atoms with Crippen molar-refractivity contribution in [3.8, 4) is 5.69 Å². The van der Waals surface area contributed by atoms with Crippen molar-refractivity contribution in [3.63, 3.8) is 0 Å². The van der Waals surface area contributed by atoms with E-state index in [1.54, 1.807) is 0 Å². The fourth-order valence-corrected chi connectivity index (χ4v) is 4.92. The Bertz CT molecular complexity index is 1130. The summed E-state index contributed by atoms with van der Waals surface area (Å²) in [6.45, 7) is 4.53. The first-order chi connectivity index (χ1) is 16.2. The molecule has 0 unspecified atom stereocenters. The zero-order valence-electron chi connectivity index (χ0n) is 20.3. The van der Waals surface area contributed by atoms with E-state index in [1.165, 1.54) is 84.3 Å². The van der Waals surface area contributed by atoms with E-state index in [4.69, 9.17) is 0 Å². The van der Waals surface area contributed by atoms with Crippen LogP contribution in [0, 0.1) is 0 Å². The van der Waals surface area contributed by atoms with Crippen LogP contribution >= 0.6 is 0 Å². The van der Waals surface area contributed by atoms with Crippen LogP contribution in [0.5, 0.6) is 0 Å². The number of aromatic nitrogens is 1. The quantitative estimate of drug-likeness (QED) is 0.160. The predicted octanol–water partition coefficient (Wildman–Crippen LogP) is 8.84. The number of hydrogen-bond acceptors (Lipinski definition) is 1. The molecule has 3 aromatic carbocycles. The molecule has 0 amide bonds. The third kappa shape index (κ3) is 5.38. The van der Waals surface area contributed by atoms with Gasteiger partial charge in [0.2, 0.25) is 0 Å². The summed E-state index contributed by atoms with van der Waals surface area (Å²) in [5.74, 6) is 0. The molecule has 1 heterocycles. The molecule has 0 spiro atoms. The van der Waals surface area contributed by atoms with Gasteiger partial charge in [0, 0.05) is 22.0 Å². The maximum absolute atomic E-state index is 11.2. The van der Waals surface area contributed by atoms with Crippen molar-refractivity contribution < 1.29 is 4.79 Å². The van der Waals surface area contributed by atoms with Gasteiger partial charge in [0.05, 0.1) is 11.0 Å². The summed E-state index contributed by atoms with van der Waals surface area (Å²) in [6, 6.07) is 21.9. The van der Waals surface area contributed by atoms with Crippen LogP contribution in [0.4, 0.5) is 0 Å². The molecule has 0 N–H and O–H groups in total.